The lowest BCUT2D eigenvalue weighted by molar-refractivity contribution is 0.593. The van der Waals surface area contributed by atoms with Gasteiger partial charge in [-0.1, -0.05) is 53.5 Å². The Morgan fingerprint density at radius 2 is 1.71 bits per heavy atom. The monoisotopic (exact) mass is 341 g/mol. The Hall–Kier alpha value is -1.49. The number of benzene rings is 2. The summed E-state index contributed by atoms with van der Waals surface area (Å²) in [6.07, 6.45) is 1.52. The summed E-state index contributed by atoms with van der Waals surface area (Å²) in [4.78, 5) is -0.0256. The number of anilines is 1. The van der Waals surface area contributed by atoms with Gasteiger partial charge in [-0.15, -0.1) is 6.58 Å². The van der Waals surface area contributed by atoms with E-state index in [1.54, 1.807) is 36.4 Å². The maximum atomic E-state index is 12.8. The van der Waals surface area contributed by atoms with Gasteiger partial charge in [0.05, 0.1) is 22.3 Å². The summed E-state index contributed by atoms with van der Waals surface area (Å²) in [5.74, 6) is 0. The molecule has 0 saturated heterocycles. The van der Waals surface area contributed by atoms with Crippen molar-refractivity contribution < 1.29 is 8.42 Å². The topological polar surface area (TPSA) is 37.4 Å². The maximum absolute atomic E-state index is 12.8. The molecule has 0 aliphatic rings. The van der Waals surface area contributed by atoms with E-state index in [2.05, 4.69) is 6.58 Å². The third-order valence-corrected chi connectivity index (χ3v) is 5.59. The zero-order valence-corrected chi connectivity index (χ0v) is 13.4. The van der Waals surface area contributed by atoms with Gasteiger partial charge in [-0.05, 0) is 24.3 Å². The molecular formula is C15H13Cl2NO2S. The molecule has 0 aromatic heterocycles. The van der Waals surface area contributed by atoms with Crippen molar-refractivity contribution in [1.82, 2.24) is 0 Å². The average molecular weight is 342 g/mol. The standard InChI is InChI=1S/C15H13Cl2NO2S/c1-2-11-18(12-7-4-3-5-8-12)21(19,20)14-10-6-9-13(16)15(14)17/h2-10H,1,11H2. The Balaban J connectivity index is 2.58. The predicted molar refractivity (Wildman–Crippen MR) is 87.6 cm³/mol. The van der Waals surface area contributed by atoms with Gasteiger partial charge in [-0.25, -0.2) is 8.42 Å². The van der Waals surface area contributed by atoms with Crippen LogP contribution in [-0.2, 0) is 10.0 Å². The highest BCUT2D eigenvalue weighted by molar-refractivity contribution is 7.93. The maximum Gasteiger partial charge on any atom is 0.266 e. The van der Waals surface area contributed by atoms with Crippen LogP contribution in [-0.4, -0.2) is 15.0 Å². The first-order valence-electron chi connectivity index (χ1n) is 6.11. The van der Waals surface area contributed by atoms with Crippen LogP contribution < -0.4 is 4.31 Å². The first kappa shape index (κ1) is 15.9. The van der Waals surface area contributed by atoms with E-state index in [1.165, 1.54) is 16.4 Å². The van der Waals surface area contributed by atoms with E-state index < -0.39 is 10.0 Å². The van der Waals surface area contributed by atoms with E-state index in [-0.39, 0.29) is 21.5 Å². The Labute approximate surface area is 134 Å². The number of halogens is 2. The third kappa shape index (κ3) is 3.23. The first-order chi connectivity index (χ1) is 9.98. The summed E-state index contributed by atoms with van der Waals surface area (Å²) < 4.78 is 26.9. The summed E-state index contributed by atoms with van der Waals surface area (Å²) in [6, 6.07) is 13.3. The fourth-order valence-electron chi connectivity index (χ4n) is 1.86. The van der Waals surface area contributed by atoms with Crippen LogP contribution in [0.1, 0.15) is 0 Å². The van der Waals surface area contributed by atoms with Gasteiger partial charge in [-0.3, -0.25) is 4.31 Å². The van der Waals surface area contributed by atoms with Crippen molar-refractivity contribution in [3.63, 3.8) is 0 Å². The lowest BCUT2D eigenvalue weighted by Gasteiger charge is -2.23. The van der Waals surface area contributed by atoms with Crippen molar-refractivity contribution in [2.45, 2.75) is 4.90 Å². The molecule has 0 saturated carbocycles. The molecule has 0 heterocycles. The molecule has 21 heavy (non-hydrogen) atoms. The molecule has 0 bridgehead atoms. The van der Waals surface area contributed by atoms with Crippen LogP contribution in [0.15, 0.2) is 66.1 Å². The highest BCUT2D eigenvalue weighted by Gasteiger charge is 2.27. The van der Waals surface area contributed by atoms with E-state index in [0.717, 1.165) is 0 Å². The molecule has 0 spiro atoms. The fraction of sp³-hybridized carbons (Fsp3) is 0.0667. The molecule has 2 aromatic rings. The first-order valence-corrected chi connectivity index (χ1v) is 8.31. The second-order valence-corrected chi connectivity index (χ2v) is 6.83. The van der Waals surface area contributed by atoms with Crippen molar-refractivity contribution in [3.8, 4) is 0 Å². The molecule has 0 fully saturated rings. The van der Waals surface area contributed by atoms with Crippen LogP contribution in [0, 0.1) is 0 Å². The van der Waals surface area contributed by atoms with E-state index in [0.29, 0.717) is 5.69 Å². The lowest BCUT2D eigenvalue weighted by atomic mass is 10.3. The van der Waals surface area contributed by atoms with Gasteiger partial charge in [0.2, 0.25) is 0 Å². The van der Waals surface area contributed by atoms with Gasteiger partial charge in [0.15, 0.2) is 0 Å². The molecule has 2 rings (SSSR count). The summed E-state index contributed by atoms with van der Waals surface area (Å²) in [5.41, 5.74) is 0.536. The van der Waals surface area contributed by atoms with E-state index in [1.807, 2.05) is 6.07 Å². The number of hydrogen-bond acceptors (Lipinski definition) is 2. The normalized spacial score (nSPS) is 11.1. The van der Waals surface area contributed by atoms with Gasteiger partial charge >= 0.3 is 0 Å². The highest BCUT2D eigenvalue weighted by atomic mass is 35.5. The molecule has 2 aromatic carbocycles. The third-order valence-electron chi connectivity index (χ3n) is 2.82. The molecule has 3 nitrogen and oxygen atoms in total. The number of nitrogens with zero attached hydrogens (tertiary/aromatic N) is 1. The van der Waals surface area contributed by atoms with Crippen LogP contribution in [0.2, 0.25) is 10.0 Å². The van der Waals surface area contributed by atoms with Crippen LogP contribution in [0.5, 0.6) is 0 Å². The predicted octanol–water partition coefficient (Wildman–Crippen LogP) is 4.37. The Bertz CT molecular complexity index is 746. The molecule has 0 radical (unpaired) electrons. The molecular weight excluding hydrogens is 329 g/mol. The second-order valence-electron chi connectivity index (χ2n) is 4.21. The number of rotatable bonds is 5. The Kier molecular flexibility index (Phi) is 4.93. The molecule has 0 N–H and O–H groups in total. The van der Waals surface area contributed by atoms with Crippen LogP contribution in [0.4, 0.5) is 5.69 Å². The molecule has 0 aliphatic carbocycles. The number of sulfonamides is 1. The summed E-state index contributed by atoms with van der Waals surface area (Å²) in [7, 11) is -3.82. The fourth-order valence-corrected chi connectivity index (χ4v) is 4.03. The van der Waals surface area contributed by atoms with Gasteiger partial charge in [0.1, 0.15) is 4.90 Å². The molecule has 0 atom stereocenters. The molecule has 110 valence electrons. The van der Waals surface area contributed by atoms with Crippen LogP contribution in [0.25, 0.3) is 0 Å². The smallest absolute Gasteiger partial charge is 0.262 e. The van der Waals surface area contributed by atoms with Gasteiger partial charge in [0.25, 0.3) is 10.0 Å². The zero-order chi connectivity index (χ0) is 15.5. The summed E-state index contributed by atoms with van der Waals surface area (Å²) in [6.45, 7) is 3.74. The quantitative estimate of drug-likeness (QED) is 0.757. The number of para-hydroxylation sites is 1. The largest absolute Gasteiger partial charge is 0.266 e. The van der Waals surface area contributed by atoms with E-state index in [4.69, 9.17) is 23.2 Å². The number of hydrogen-bond donors (Lipinski definition) is 0. The highest BCUT2D eigenvalue weighted by Crippen LogP contribution is 2.32. The lowest BCUT2D eigenvalue weighted by Crippen LogP contribution is -2.31. The minimum absolute atomic E-state index is 0.0177. The average Bonchev–Trinajstić information content (AvgIpc) is 2.48. The molecule has 0 aliphatic heterocycles. The van der Waals surface area contributed by atoms with Crippen molar-refractivity contribution in [3.05, 3.63) is 71.2 Å². The van der Waals surface area contributed by atoms with Gasteiger partial charge in [-0.2, -0.15) is 0 Å². The summed E-state index contributed by atoms with van der Waals surface area (Å²) in [5, 5.41) is 0.216. The van der Waals surface area contributed by atoms with Gasteiger partial charge in [0, 0.05) is 0 Å². The summed E-state index contributed by atoms with van der Waals surface area (Å²) >= 11 is 12.0. The van der Waals surface area contributed by atoms with Crippen molar-refractivity contribution in [2.24, 2.45) is 0 Å². The minimum Gasteiger partial charge on any atom is -0.262 e. The van der Waals surface area contributed by atoms with Crippen molar-refractivity contribution in [2.75, 3.05) is 10.8 Å². The van der Waals surface area contributed by atoms with E-state index in [9.17, 15) is 8.42 Å². The molecule has 6 heteroatoms. The minimum atomic E-state index is -3.82. The SMILES string of the molecule is C=CCN(c1ccccc1)S(=O)(=O)c1cccc(Cl)c1Cl. The van der Waals surface area contributed by atoms with Crippen molar-refractivity contribution >= 4 is 38.9 Å². The van der Waals surface area contributed by atoms with E-state index >= 15 is 0 Å². The Morgan fingerprint density at radius 1 is 1.05 bits per heavy atom. The van der Waals surface area contributed by atoms with Crippen molar-refractivity contribution in [1.29, 1.82) is 0 Å². The van der Waals surface area contributed by atoms with Gasteiger partial charge < -0.3 is 0 Å². The zero-order valence-electron chi connectivity index (χ0n) is 11.0. The Morgan fingerprint density at radius 3 is 2.33 bits per heavy atom. The second kappa shape index (κ2) is 6.52. The molecule has 0 amide bonds. The molecule has 0 unspecified atom stereocenters. The van der Waals surface area contributed by atoms with Crippen LogP contribution in [0.3, 0.4) is 0 Å². The van der Waals surface area contributed by atoms with Crippen LogP contribution >= 0.6 is 23.2 Å².